The predicted octanol–water partition coefficient (Wildman–Crippen LogP) is 3.49. The van der Waals surface area contributed by atoms with E-state index in [1.807, 2.05) is 11.8 Å². The summed E-state index contributed by atoms with van der Waals surface area (Å²) >= 11 is 2.03. The Kier molecular flexibility index (Phi) is 2.95. The molecule has 1 nitrogen and oxygen atoms in total. The van der Waals surface area contributed by atoms with Crippen molar-refractivity contribution in [3.8, 4) is 0 Å². The molecule has 3 rings (SSSR count). The van der Waals surface area contributed by atoms with E-state index in [1.54, 1.807) is 11.1 Å². The largest absolute Gasteiger partial charge is 0.330 e. The lowest BCUT2D eigenvalue weighted by Crippen LogP contribution is -2.33. The lowest BCUT2D eigenvalue weighted by molar-refractivity contribution is 0.448. The summed E-state index contributed by atoms with van der Waals surface area (Å²) in [4.78, 5) is 1.51. The van der Waals surface area contributed by atoms with Gasteiger partial charge in [0.05, 0.1) is 0 Å². The second-order valence-electron chi connectivity index (χ2n) is 5.61. The van der Waals surface area contributed by atoms with Gasteiger partial charge < -0.3 is 5.73 Å². The summed E-state index contributed by atoms with van der Waals surface area (Å²) in [6.45, 7) is 3.15. The lowest BCUT2D eigenvalue weighted by Gasteiger charge is -2.30. The molecule has 2 N–H and O–H groups in total. The number of hydrogen-bond donors (Lipinski definition) is 1. The van der Waals surface area contributed by atoms with Gasteiger partial charge in [0.1, 0.15) is 0 Å². The highest BCUT2D eigenvalue weighted by molar-refractivity contribution is 8.00. The molecule has 1 aliphatic carbocycles. The molecular formula is C15H21NS. The second kappa shape index (κ2) is 4.33. The molecular weight excluding hydrogens is 226 g/mol. The van der Waals surface area contributed by atoms with Crippen LogP contribution >= 0.6 is 11.8 Å². The van der Waals surface area contributed by atoms with E-state index >= 15 is 0 Å². The summed E-state index contributed by atoms with van der Waals surface area (Å²) in [7, 11) is 0. The highest BCUT2D eigenvalue weighted by Gasteiger charge is 2.37. The molecule has 0 amide bonds. The Morgan fingerprint density at radius 3 is 2.82 bits per heavy atom. The van der Waals surface area contributed by atoms with Crippen molar-refractivity contribution >= 4 is 11.8 Å². The van der Waals surface area contributed by atoms with E-state index in [4.69, 9.17) is 5.73 Å². The molecule has 0 saturated heterocycles. The van der Waals surface area contributed by atoms with Crippen molar-refractivity contribution in [2.24, 2.45) is 5.73 Å². The third-order valence-corrected chi connectivity index (χ3v) is 5.68. The Balaban J connectivity index is 2.06. The van der Waals surface area contributed by atoms with Crippen LogP contribution in [0.2, 0.25) is 0 Å². The van der Waals surface area contributed by atoms with Crippen LogP contribution in [0.4, 0.5) is 0 Å². The maximum absolute atomic E-state index is 6.12. The molecule has 92 valence electrons. The molecule has 1 fully saturated rings. The smallest absolute Gasteiger partial charge is 0.0110 e. The first-order valence-electron chi connectivity index (χ1n) is 6.74. The molecule has 0 spiro atoms. The van der Waals surface area contributed by atoms with E-state index in [-0.39, 0.29) is 0 Å². The summed E-state index contributed by atoms with van der Waals surface area (Å²) in [5, 5.41) is 0.738. The standard InChI is InChI=1S/C15H21NS/c1-11-9-12-13(5-4-6-14(12)17-11)15(10-16)7-2-3-8-15/h4-6,11H,2-3,7-10,16H2,1H3. The Morgan fingerprint density at radius 1 is 1.35 bits per heavy atom. The van der Waals surface area contributed by atoms with Crippen molar-refractivity contribution in [3.05, 3.63) is 29.3 Å². The monoisotopic (exact) mass is 247 g/mol. The van der Waals surface area contributed by atoms with Gasteiger partial charge in [0.15, 0.2) is 0 Å². The number of rotatable bonds is 2. The fourth-order valence-corrected chi connectivity index (χ4v) is 4.74. The van der Waals surface area contributed by atoms with Gasteiger partial charge in [-0.3, -0.25) is 0 Å². The number of nitrogens with two attached hydrogens (primary N) is 1. The van der Waals surface area contributed by atoms with Crippen LogP contribution in [-0.2, 0) is 11.8 Å². The minimum absolute atomic E-state index is 0.302. The molecule has 2 aliphatic rings. The summed E-state index contributed by atoms with van der Waals surface area (Å²) in [5.74, 6) is 0. The van der Waals surface area contributed by atoms with Gasteiger partial charge in [0.25, 0.3) is 0 Å². The number of benzene rings is 1. The molecule has 1 aliphatic heterocycles. The normalized spacial score (nSPS) is 26.1. The van der Waals surface area contributed by atoms with Crippen LogP contribution < -0.4 is 5.73 Å². The molecule has 1 unspecified atom stereocenters. The maximum Gasteiger partial charge on any atom is 0.0110 e. The van der Waals surface area contributed by atoms with Crippen molar-refractivity contribution in [2.45, 2.75) is 54.6 Å². The quantitative estimate of drug-likeness (QED) is 0.865. The Bertz CT molecular complexity index is 421. The van der Waals surface area contributed by atoms with Gasteiger partial charge in [-0.15, -0.1) is 11.8 Å². The first-order valence-corrected chi connectivity index (χ1v) is 7.62. The summed E-state index contributed by atoms with van der Waals surface area (Å²) in [6, 6.07) is 6.86. The first-order chi connectivity index (χ1) is 8.25. The highest BCUT2D eigenvalue weighted by Crippen LogP contribution is 2.47. The van der Waals surface area contributed by atoms with Gasteiger partial charge >= 0.3 is 0 Å². The first kappa shape index (κ1) is 11.6. The van der Waals surface area contributed by atoms with Crippen LogP contribution in [-0.4, -0.2) is 11.8 Å². The van der Waals surface area contributed by atoms with Crippen LogP contribution in [0.5, 0.6) is 0 Å². The van der Waals surface area contributed by atoms with E-state index in [1.165, 1.54) is 37.0 Å². The topological polar surface area (TPSA) is 26.0 Å². The van der Waals surface area contributed by atoms with Crippen LogP contribution in [0.15, 0.2) is 23.1 Å². The fraction of sp³-hybridized carbons (Fsp3) is 0.600. The highest BCUT2D eigenvalue weighted by atomic mass is 32.2. The van der Waals surface area contributed by atoms with E-state index in [0.29, 0.717) is 5.41 Å². The van der Waals surface area contributed by atoms with Crippen molar-refractivity contribution in [2.75, 3.05) is 6.54 Å². The molecule has 1 atom stereocenters. The molecule has 17 heavy (non-hydrogen) atoms. The zero-order valence-electron chi connectivity index (χ0n) is 10.5. The zero-order chi connectivity index (χ0) is 11.9. The molecule has 0 radical (unpaired) electrons. The van der Waals surface area contributed by atoms with E-state index in [0.717, 1.165) is 11.8 Å². The summed E-state index contributed by atoms with van der Waals surface area (Å²) in [5.41, 5.74) is 9.61. The van der Waals surface area contributed by atoms with Gasteiger partial charge in [0.2, 0.25) is 0 Å². The van der Waals surface area contributed by atoms with Gasteiger partial charge in [-0.05, 0) is 36.5 Å². The van der Waals surface area contributed by atoms with Crippen LogP contribution in [0.1, 0.15) is 43.7 Å². The van der Waals surface area contributed by atoms with Gasteiger partial charge in [-0.2, -0.15) is 0 Å². The van der Waals surface area contributed by atoms with E-state index in [9.17, 15) is 0 Å². The maximum atomic E-state index is 6.12. The van der Waals surface area contributed by atoms with E-state index < -0.39 is 0 Å². The van der Waals surface area contributed by atoms with Crippen LogP contribution in [0, 0.1) is 0 Å². The van der Waals surface area contributed by atoms with Crippen molar-refractivity contribution in [3.63, 3.8) is 0 Å². The number of hydrogen-bond acceptors (Lipinski definition) is 2. The van der Waals surface area contributed by atoms with Gasteiger partial charge in [-0.25, -0.2) is 0 Å². The van der Waals surface area contributed by atoms with E-state index in [2.05, 4.69) is 25.1 Å². The molecule has 1 aromatic carbocycles. The Morgan fingerprint density at radius 2 is 2.12 bits per heavy atom. The Hall–Kier alpha value is -0.470. The predicted molar refractivity (Wildman–Crippen MR) is 74.7 cm³/mol. The van der Waals surface area contributed by atoms with Gasteiger partial charge in [-0.1, -0.05) is 31.9 Å². The third-order valence-electron chi connectivity index (χ3n) is 4.48. The average molecular weight is 247 g/mol. The minimum atomic E-state index is 0.302. The van der Waals surface area contributed by atoms with Crippen LogP contribution in [0.25, 0.3) is 0 Å². The van der Waals surface area contributed by atoms with Crippen molar-refractivity contribution in [1.29, 1.82) is 0 Å². The summed E-state index contributed by atoms with van der Waals surface area (Å²) < 4.78 is 0. The Labute approximate surface area is 108 Å². The van der Waals surface area contributed by atoms with Crippen molar-refractivity contribution < 1.29 is 0 Å². The SMILES string of the molecule is CC1Cc2c(cccc2C2(CN)CCCC2)S1. The minimum Gasteiger partial charge on any atom is -0.330 e. The average Bonchev–Trinajstić information content (AvgIpc) is 2.93. The fourth-order valence-electron chi connectivity index (χ4n) is 3.56. The molecule has 2 heteroatoms. The molecule has 1 aromatic rings. The molecule has 0 bridgehead atoms. The number of thioether (sulfide) groups is 1. The third kappa shape index (κ3) is 1.82. The molecule has 0 aromatic heterocycles. The summed E-state index contributed by atoms with van der Waals surface area (Å²) in [6.07, 6.45) is 6.52. The molecule has 1 saturated carbocycles. The lowest BCUT2D eigenvalue weighted by atomic mass is 9.76. The number of fused-ring (bicyclic) bond motifs is 1. The van der Waals surface area contributed by atoms with Gasteiger partial charge in [0, 0.05) is 22.1 Å². The second-order valence-corrected chi connectivity index (χ2v) is 7.09. The van der Waals surface area contributed by atoms with Crippen LogP contribution in [0.3, 0.4) is 0 Å². The van der Waals surface area contributed by atoms with Crippen molar-refractivity contribution in [1.82, 2.24) is 0 Å². The zero-order valence-corrected chi connectivity index (χ0v) is 11.4. The molecule has 1 heterocycles.